The summed E-state index contributed by atoms with van der Waals surface area (Å²) in [5.74, 6) is -0.154. The molecule has 1 amide bonds. The zero-order chi connectivity index (χ0) is 17.5. The minimum Gasteiger partial charge on any atom is -0.435 e. The van der Waals surface area contributed by atoms with Crippen LogP contribution in [0, 0.1) is 0 Å². The maximum absolute atomic E-state index is 12.1. The van der Waals surface area contributed by atoms with Gasteiger partial charge in [-0.15, -0.1) is 0 Å². The monoisotopic (exact) mass is 355 g/mol. The summed E-state index contributed by atoms with van der Waals surface area (Å²) >= 11 is 6.13. The molecule has 3 N–H and O–H groups in total. The Hall–Kier alpha value is -2.18. The second kappa shape index (κ2) is 8.61. The molecular formula is C17H18ClF2N2O2+. The number of quaternary nitrogens is 1. The molecular weight excluding hydrogens is 338 g/mol. The summed E-state index contributed by atoms with van der Waals surface area (Å²) in [5.41, 5.74) is 1.47. The van der Waals surface area contributed by atoms with E-state index in [1.807, 2.05) is 36.5 Å². The number of anilines is 1. The van der Waals surface area contributed by atoms with Crippen molar-refractivity contribution in [3.05, 3.63) is 59.1 Å². The highest BCUT2D eigenvalue weighted by Crippen LogP contribution is 2.20. The van der Waals surface area contributed by atoms with Crippen LogP contribution in [0.2, 0.25) is 5.02 Å². The fraction of sp³-hybridized carbons (Fsp3) is 0.235. The largest absolute Gasteiger partial charge is 0.435 e. The van der Waals surface area contributed by atoms with Crippen molar-refractivity contribution in [3.8, 4) is 5.75 Å². The molecule has 0 aliphatic carbocycles. The molecule has 0 unspecified atom stereocenters. The van der Waals surface area contributed by atoms with Gasteiger partial charge in [-0.3, -0.25) is 4.79 Å². The van der Waals surface area contributed by atoms with Crippen molar-refractivity contribution in [2.45, 2.75) is 19.6 Å². The molecule has 0 aliphatic heterocycles. The van der Waals surface area contributed by atoms with E-state index in [0.29, 0.717) is 10.7 Å². The second-order valence-corrected chi connectivity index (χ2v) is 5.61. The number of amides is 1. The van der Waals surface area contributed by atoms with E-state index >= 15 is 0 Å². The number of ether oxygens (including phenoxy) is 1. The number of benzene rings is 2. The molecule has 2 aromatic carbocycles. The lowest BCUT2D eigenvalue weighted by Crippen LogP contribution is -2.86. The lowest BCUT2D eigenvalue weighted by Gasteiger charge is -2.12. The van der Waals surface area contributed by atoms with Gasteiger partial charge in [0, 0.05) is 16.3 Å². The Bertz CT molecular complexity index is 681. The van der Waals surface area contributed by atoms with Crippen LogP contribution in [-0.4, -0.2) is 19.1 Å². The maximum atomic E-state index is 12.1. The molecule has 0 saturated heterocycles. The Balaban J connectivity index is 1.84. The van der Waals surface area contributed by atoms with Crippen LogP contribution in [0.1, 0.15) is 18.5 Å². The lowest BCUT2D eigenvalue weighted by molar-refractivity contribution is -0.682. The molecule has 2 rings (SSSR count). The quantitative estimate of drug-likeness (QED) is 0.801. The third kappa shape index (κ3) is 5.47. The van der Waals surface area contributed by atoms with Crippen LogP contribution in [0.3, 0.4) is 0 Å². The van der Waals surface area contributed by atoms with Crippen molar-refractivity contribution in [2.75, 3.05) is 11.9 Å². The minimum atomic E-state index is -2.87. The Kier molecular flexibility index (Phi) is 6.52. The molecule has 4 nitrogen and oxygen atoms in total. The lowest BCUT2D eigenvalue weighted by atomic mass is 10.1. The third-order valence-electron chi connectivity index (χ3n) is 3.42. The van der Waals surface area contributed by atoms with Gasteiger partial charge in [-0.2, -0.15) is 8.78 Å². The van der Waals surface area contributed by atoms with Gasteiger partial charge in [0.1, 0.15) is 11.8 Å². The average molecular weight is 356 g/mol. The molecule has 128 valence electrons. The van der Waals surface area contributed by atoms with Crippen molar-refractivity contribution in [3.63, 3.8) is 0 Å². The number of hydrogen-bond donors (Lipinski definition) is 2. The first kappa shape index (κ1) is 18.2. The van der Waals surface area contributed by atoms with Crippen LogP contribution in [-0.2, 0) is 4.79 Å². The number of carbonyl (C=O) groups excluding carboxylic acids is 1. The normalized spacial score (nSPS) is 12.0. The van der Waals surface area contributed by atoms with Crippen LogP contribution in [0.4, 0.5) is 14.5 Å². The molecule has 0 radical (unpaired) electrons. The Morgan fingerprint density at radius 3 is 2.50 bits per heavy atom. The fourth-order valence-corrected chi connectivity index (χ4v) is 2.49. The van der Waals surface area contributed by atoms with Crippen molar-refractivity contribution in [1.82, 2.24) is 0 Å². The number of hydrogen-bond acceptors (Lipinski definition) is 2. The number of alkyl halides is 2. The number of carbonyl (C=O) groups is 1. The van der Waals surface area contributed by atoms with E-state index in [2.05, 4.69) is 10.1 Å². The van der Waals surface area contributed by atoms with Gasteiger partial charge < -0.3 is 15.4 Å². The summed E-state index contributed by atoms with van der Waals surface area (Å²) in [7, 11) is 0. The first-order valence-corrected chi connectivity index (χ1v) is 7.76. The molecule has 0 saturated carbocycles. The van der Waals surface area contributed by atoms with Crippen molar-refractivity contribution in [1.29, 1.82) is 0 Å². The first-order valence-electron chi connectivity index (χ1n) is 7.38. The highest BCUT2D eigenvalue weighted by molar-refractivity contribution is 6.31. The van der Waals surface area contributed by atoms with Crippen LogP contribution in [0.5, 0.6) is 5.75 Å². The van der Waals surface area contributed by atoms with Crippen molar-refractivity contribution >= 4 is 23.2 Å². The van der Waals surface area contributed by atoms with Crippen LogP contribution < -0.4 is 15.4 Å². The molecule has 2 aromatic rings. The highest BCUT2D eigenvalue weighted by Gasteiger charge is 2.14. The Labute approximate surface area is 143 Å². The fourth-order valence-electron chi connectivity index (χ4n) is 2.19. The second-order valence-electron chi connectivity index (χ2n) is 5.20. The van der Waals surface area contributed by atoms with E-state index in [1.54, 1.807) is 0 Å². The van der Waals surface area contributed by atoms with E-state index in [4.69, 9.17) is 11.6 Å². The molecule has 0 spiro atoms. The molecule has 0 aromatic heterocycles. The number of halogens is 3. The Morgan fingerprint density at radius 1 is 1.21 bits per heavy atom. The molecule has 0 heterocycles. The summed E-state index contributed by atoms with van der Waals surface area (Å²) in [4.78, 5) is 12.0. The zero-order valence-electron chi connectivity index (χ0n) is 13.0. The molecule has 0 fully saturated rings. The van der Waals surface area contributed by atoms with Gasteiger partial charge in [-0.25, -0.2) is 0 Å². The van der Waals surface area contributed by atoms with Crippen LogP contribution >= 0.6 is 11.6 Å². The van der Waals surface area contributed by atoms with Gasteiger partial charge in [-0.1, -0.05) is 29.8 Å². The molecule has 1 atom stereocenters. The van der Waals surface area contributed by atoms with Crippen molar-refractivity contribution < 1.29 is 23.6 Å². The standard InChI is InChI=1S/C17H17ClF2N2O2/c1-11(14-4-2-3-5-15(14)18)21-10-16(23)22-12-6-8-13(9-7-12)24-17(19)20/h2-9,11,17,21H,10H2,1H3,(H,22,23)/p+1/t11-/m1/s1. The highest BCUT2D eigenvalue weighted by atomic mass is 35.5. The summed E-state index contributed by atoms with van der Waals surface area (Å²) in [6, 6.07) is 13.3. The van der Waals surface area contributed by atoms with Gasteiger partial charge in [0.25, 0.3) is 5.91 Å². The van der Waals surface area contributed by atoms with E-state index in [1.165, 1.54) is 24.3 Å². The van der Waals surface area contributed by atoms with Gasteiger partial charge in [0.05, 0.1) is 0 Å². The number of nitrogens with two attached hydrogens (primary N) is 1. The van der Waals surface area contributed by atoms with Gasteiger partial charge in [-0.05, 0) is 37.3 Å². The third-order valence-corrected chi connectivity index (χ3v) is 3.76. The average Bonchev–Trinajstić information content (AvgIpc) is 2.54. The smallest absolute Gasteiger partial charge is 0.387 e. The summed E-state index contributed by atoms with van der Waals surface area (Å²) < 4.78 is 28.4. The zero-order valence-corrected chi connectivity index (χ0v) is 13.8. The predicted octanol–water partition coefficient (Wildman–Crippen LogP) is 3.20. The number of nitrogens with one attached hydrogen (secondary N) is 1. The van der Waals surface area contributed by atoms with Crippen LogP contribution in [0.25, 0.3) is 0 Å². The van der Waals surface area contributed by atoms with E-state index < -0.39 is 6.61 Å². The molecule has 0 bridgehead atoms. The summed E-state index contributed by atoms with van der Waals surface area (Å²) in [6.45, 7) is -0.696. The number of rotatable bonds is 7. The molecule has 7 heteroatoms. The van der Waals surface area contributed by atoms with Gasteiger partial charge in [0.15, 0.2) is 6.54 Å². The van der Waals surface area contributed by atoms with Gasteiger partial charge in [0.2, 0.25) is 0 Å². The topological polar surface area (TPSA) is 54.9 Å². The van der Waals surface area contributed by atoms with E-state index in [9.17, 15) is 13.6 Å². The Morgan fingerprint density at radius 2 is 1.88 bits per heavy atom. The maximum Gasteiger partial charge on any atom is 0.387 e. The summed E-state index contributed by atoms with van der Waals surface area (Å²) in [6.07, 6.45) is 0. The van der Waals surface area contributed by atoms with Crippen LogP contribution in [0.15, 0.2) is 48.5 Å². The van der Waals surface area contributed by atoms with Gasteiger partial charge >= 0.3 is 6.61 Å². The SMILES string of the molecule is C[C@@H]([NH2+]CC(=O)Nc1ccc(OC(F)F)cc1)c1ccccc1Cl. The first-order chi connectivity index (χ1) is 11.5. The molecule has 24 heavy (non-hydrogen) atoms. The molecule has 0 aliphatic rings. The van der Waals surface area contributed by atoms with E-state index in [-0.39, 0.29) is 24.2 Å². The minimum absolute atomic E-state index is 0.0336. The summed E-state index contributed by atoms with van der Waals surface area (Å²) in [5, 5.41) is 5.23. The predicted molar refractivity (Wildman–Crippen MR) is 88.4 cm³/mol. The van der Waals surface area contributed by atoms with E-state index in [0.717, 1.165) is 5.56 Å². The van der Waals surface area contributed by atoms with Crippen molar-refractivity contribution in [2.24, 2.45) is 0 Å².